The number of carbonyl (C=O) groups is 1. The molecule has 1 aromatic carbocycles. The molecule has 1 fully saturated rings. The molecule has 4 heteroatoms. The van der Waals surface area contributed by atoms with Gasteiger partial charge in [0.15, 0.2) is 0 Å². The Morgan fingerprint density at radius 2 is 2.14 bits per heavy atom. The summed E-state index contributed by atoms with van der Waals surface area (Å²) in [6.45, 7) is 8.22. The first-order chi connectivity index (χ1) is 10.5. The fourth-order valence-corrected chi connectivity index (χ4v) is 3.48. The van der Waals surface area contributed by atoms with Gasteiger partial charge in [-0.2, -0.15) is 0 Å². The monoisotopic (exact) mass is 299 g/mol. The fraction of sp³-hybridized carbons (Fsp3) is 0.500. The minimum absolute atomic E-state index is 0.122. The molecule has 118 valence electrons. The number of hydrogen-bond acceptors (Lipinski definition) is 2. The van der Waals surface area contributed by atoms with Gasteiger partial charge in [-0.1, -0.05) is 11.6 Å². The van der Waals surface area contributed by atoms with E-state index in [0.29, 0.717) is 6.42 Å². The average molecular weight is 299 g/mol. The summed E-state index contributed by atoms with van der Waals surface area (Å²) in [5.74, 6) is 0.122. The van der Waals surface area contributed by atoms with Gasteiger partial charge in [0.05, 0.1) is 6.42 Å². The molecule has 2 heterocycles. The third-order valence-electron chi connectivity index (χ3n) is 4.57. The predicted octanol–water partition coefficient (Wildman–Crippen LogP) is 2.50. The normalized spacial score (nSPS) is 18.6. The first-order valence-electron chi connectivity index (χ1n) is 8.13. The van der Waals surface area contributed by atoms with E-state index < -0.39 is 0 Å². The Bertz CT molecular complexity index is 696. The molecule has 0 spiro atoms. The topological polar surface area (TPSA) is 56.9 Å². The Balaban J connectivity index is 1.81. The van der Waals surface area contributed by atoms with Gasteiger partial charge in [0.1, 0.15) is 0 Å². The SMILES string of the molecule is Cc1cc(C)c2[nH]c(C)c(CC(=O)N[C@@H]3CCCNC3)c2c1. The first kappa shape index (κ1) is 15.1. The van der Waals surface area contributed by atoms with Crippen molar-refractivity contribution in [3.8, 4) is 0 Å². The quantitative estimate of drug-likeness (QED) is 0.815. The molecule has 0 bridgehead atoms. The lowest BCUT2D eigenvalue weighted by Gasteiger charge is -2.23. The second-order valence-electron chi connectivity index (χ2n) is 6.52. The second kappa shape index (κ2) is 6.13. The summed E-state index contributed by atoms with van der Waals surface area (Å²) in [6, 6.07) is 4.63. The Hall–Kier alpha value is -1.81. The molecule has 22 heavy (non-hydrogen) atoms. The maximum atomic E-state index is 12.4. The number of carbonyl (C=O) groups excluding carboxylic acids is 1. The third kappa shape index (κ3) is 3.02. The first-order valence-corrected chi connectivity index (χ1v) is 8.13. The van der Waals surface area contributed by atoms with Crippen molar-refractivity contribution in [3.63, 3.8) is 0 Å². The largest absolute Gasteiger partial charge is 0.358 e. The zero-order valence-electron chi connectivity index (χ0n) is 13.7. The zero-order chi connectivity index (χ0) is 15.7. The van der Waals surface area contributed by atoms with Crippen molar-refractivity contribution in [2.24, 2.45) is 0 Å². The Kier molecular flexibility index (Phi) is 4.21. The van der Waals surface area contributed by atoms with Gasteiger partial charge in [-0.3, -0.25) is 4.79 Å². The summed E-state index contributed by atoms with van der Waals surface area (Å²) in [6.07, 6.45) is 2.66. The molecule has 3 N–H and O–H groups in total. The van der Waals surface area contributed by atoms with E-state index in [9.17, 15) is 4.79 Å². The van der Waals surface area contributed by atoms with Crippen LogP contribution in [0.2, 0.25) is 0 Å². The van der Waals surface area contributed by atoms with E-state index in [0.717, 1.165) is 42.7 Å². The molecule has 3 rings (SSSR count). The number of fused-ring (bicyclic) bond motifs is 1. The van der Waals surface area contributed by atoms with Gasteiger partial charge in [0.25, 0.3) is 0 Å². The molecule has 2 aromatic rings. The molecule has 1 aliphatic rings. The molecule has 1 saturated heterocycles. The molecular formula is C18H25N3O. The third-order valence-corrected chi connectivity index (χ3v) is 4.57. The van der Waals surface area contributed by atoms with Gasteiger partial charge in [0.2, 0.25) is 5.91 Å². The number of hydrogen-bond donors (Lipinski definition) is 3. The van der Waals surface area contributed by atoms with Crippen LogP contribution in [0.25, 0.3) is 10.9 Å². The molecule has 0 aliphatic carbocycles. The molecule has 1 amide bonds. The van der Waals surface area contributed by atoms with Gasteiger partial charge in [-0.15, -0.1) is 0 Å². The second-order valence-corrected chi connectivity index (χ2v) is 6.52. The van der Waals surface area contributed by atoms with Gasteiger partial charge in [-0.25, -0.2) is 0 Å². The van der Waals surface area contributed by atoms with Crippen LogP contribution in [-0.4, -0.2) is 30.0 Å². The van der Waals surface area contributed by atoms with Crippen molar-refractivity contribution in [2.45, 2.75) is 46.1 Å². The smallest absolute Gasteiger partial charge is 0.224 e. The number of amides is 1. The zero-order valence-corrected chi connectivity index (χ0v) is 13.7. The minimum atomic E-state index is 0.122. The van der Waals surface area contributed by atoms with E-state index in [2.05, 4.69) is 48.5 Å². The van der Waals surface area contributed by atoms with Crippen molar-refractivity contribution < 1.29 is 4.79 Å². The van der Waals surface area contributed by atoms with Crippen molar-refractivity contribution in [1.82, 2.24) is 15.6 Å². The van der Waals surface area contributed by atoms with E-state index in [1.165, 1.54) is 16.5 Å². The maximum absolute atomic E-state index is 12.4. The number of aryl methyl sites for hydroxylation is 3. The summed E-state index contributed by atoms with van der Waals surface area (Å²) in [5, 5.41) is 7.68. The lowest BCUT2D eigenvalue weighted by Crippen LogP contribution is -2.46. The molecule has 4 nitrogen and oxygen atoms in total. The van der Waals surface area contributed by atoms with Crippen LogP contribution in [0, 0.1) is 20.8 Å². The van der Waals surface area contributed by atoms with Crippen LogP contribution >= 0.6 is 0 Å². The molecule has 1 aliphatic heterocycles. The minimum Gasteiger partial charge on any atom is -0.358 e. The van der Waals surface area contributed by atoms with Crippen molar-refractivity contribution in [3.05, 3.63) is 34.5 Å². The molecule has 0 saturated carbocycles. The number of benzene rings is 1. The van der Waals surface area contributed by atoms with Crippen molar-refractivity contribution in [2.75, 3.05) is 13.1 Å². The molecule has 1 atom stereocenters. The van der Waals surface area contributed by atoms with Crippen LogP contribution in [0.4, 0.5) is 0 Å². The van der Waals surface area contributed by atoms with Crippen molar-refractivity contribution in [1.29, 1.82) is 0 Å². The predicted molar refractivity (Wildman–Crippen MR) is 90.2 cm³/mol. The van der Waals surface area contributed by atoms with Crippen LogP contribution in [0.3, 0.4) is 0 Å². The Morgan fingerprint density at radius 3 is 2.86 bits per heavy atom. The summed E-state index contributed by atoms with van der Waals surface area (Å²) in [4.78, 5) is 15.8. The van der Waals surface area contributed by atoms with Gasteiger partial charge >= 0.3 is 0 Å². The highest BCUT2D eigenvalue weighted by Gasteiger charge is 2.18. The summed E-state index contributed by atoms with van der Waals surface area (Å²) in [5.41, 5.74) is 5.86. The lowest BCUT2D eigenvalue weighted by molar-refractivity contribution is -0.121. The van der Waals surface area contributed by atoms with Gasteiger partial charge < -0.3 is 15.6 Å². The summed E-state index contributed by atoms with van der Waals surface area (Å²) >= 11 is 0. The van der Waals surface area contributed by atoms with Gasteiger partial charge in [-0.05, 0) is 57.4 Å². The highest BCUT2D eigenvalue weighted by atomic mass is 16.1. The van der Waals surface area contributed by atoms with Crippen LogP contribution in [-0.2, 0) is 11.2 Å². The highest BCUT2D eigenvalue weighted by Crippen LogP contribution is 2.26. The lowest BCUT2D eigenvalue weighted by atomic mass is 10.0. The van der Waals surface area contributed by atoms with Crippen LogP contribution in [0.5, 0.6) is 0 Å². The van der Waals surface area contributed by atoms with E-state index in [4.69, 9.17) is 0 Å². The van der Waals surface area contributed by atoms with Crippen LogP contribution in [0.1, 0.15) is 35.2 Å². The Labute approximate surface area is 131 Å². The number of aromatic amines is 1. The Morgan fingerprint density at radius 1 is 1.32 bits per heavy atom. The standard InChI is InChI=1S/C18H25N3O/c1-11-7-12(2)18-16(8-11)15(13(3)20-18)9-17(22)21-14-5-4-6-19-10-14/h7-8,14,19-20H,4-6,9-10H2,1-3H3,(H,21,22)/t14-/m1/s1. The molecule has 0 unspecified atom stereocenters. The molecular weight excluding hydrogens is 274 g/mol. The average Bonchev–Trinajstić information content (AvgIpc) is 2.77. The summed E-state index contributed by atoms with van der Waals surface area (Å²) < 4.78 is 0. The number of rotatable bonds is 3. The highest BCUT2D eigenvalue weighted by molar-refractivity contribution is 5.92. The summed E-state index contributed by atoms with van der Waals surface area (Å²) in [7, 11) is 0. The van der Waals surface area contributed by atoms with Crippen molar-refractivity contribution >= 4 is 16.8 Å². The number of H-pyrrole nitrogens is 1. The van der Waals surface area contributed by atoms with E-state index >= 15 is 0 Å². The molecule has 0 radical (unpaired) electrons. The number of aromatic nitrogens is 1. The maximum Gasteiger partial charge on any atom is 0.224 e. The number of piperidine rings is 1. The van der Waals surface area contributed by atoms with Gasteiger partial charge in [0, 0.05) is 29.2 Å². The van der Waals surface area contributed by atoms with E-state index in [-0.39, 0.29) is 11.9 Å². The van der Waals surface area contributed by atoms with Crippen LogP contribution in [0.15, 0.2) is 12.1 Å². The molecule has 1 aromatic heterocycles. The van der Waals surface area contributed by atoms with Crippen LogP contribution < -0.4 is 10.6 Å². The van der Waals surface area contributed by atoms with E-state index in [1.807, 2.05) is 0 Å². The fourth-order valence-electron chi connectivity index (χ4n) is 3.48. The number of nitrogens with one attached hydrogen (secondary N) is 3. The van der Waals surface area contributed by atoms with E-state index in [1.54, 1.807) is 0 Å².